The smallest absolute Gasteiger partial charge is 0.327 e. The summed E-state index contributed by atoms with van der Waals surface area (Å²) < 4.78 is 0. The maximum Gasteiger partial charge on any atom is 0.327 e. The van der Waals surface area contributed by atoms with Gasteiger partial charge in [-0.2, -0.15) is 0 Å². The molecule has 6 aromatic rings. The van der Waals surface area contributed by atoms with Gasteiger partial charge in [-0.3, -0.25) is 57.5 Å². The Morgan fingerprint density at radius 1 is 0.521 bits per heavy atom. The Hall–Kier alpha value is -11.0. The Morgan fingerprint density at radius 2 is 1.03 bits per heavy atom. The number of aromatic amines is 1. The van der Waals surface area contributed by atoms with Crippen molar-refractivity contribution in [3.8, 4) is 5.75 Å². The van der Waals surface area contributed by atoms with E-state index in [0.29, 0.717) is 51.7 Å². The first-order valence-electron chi connectivity index (χ1n) is 39.2. The lowest BCUT2D eigenvalue weighted by atomic mass is 9.99. The molecule has 1 aromatic heterocycles. The Balaban J connectivity index is 1.25. The van der Waals surface area contributed by atoms with Crippen LogP contribution >= 0.6 is 21.6 Å². The van der Waals surface area contributed by atoms with E-state index in [2.05, 4.69) is 74.1 Å². The highest BCUT2D eigenvalue weighted by Crippen LogP contribution is 2.25. The topological polar surface area (TPSA) is 527 Å². The number of phenols is 1. The largest absolute Gasteiger partial charge is 0.508 e. The van der Waals surface area contributed by atoms with Gasteiger partial charge in [-0.25, -0.2) is 4.79 Å². The van der Waals surface area contributed by atoms with Crippen molar-refractivity contribution in [2.75, 3.05) is 31.2 Å². The summed E-state index contributed by atoms with van der Waals surface area (Å²) in [4.78, 5) is 195. The van der Waals surface area contributed by atoms with Gasteiger partial charge in [0.05, 0.1) is 18.8 Å². The summed E-state index contributed by atoms with van der Waals surface area (Å²) in [5.41, 5.74) is 16.4. The van der Waals surface area contributed by atoms with Crippen LogP contribution in [0, 0.1) is 0 Å². The SMILES string of the molecule is CC(C)NCc1ccc(C[C@@H]2NC(=O)[C@@H](Cc3c[nH]c4ccccc34)NC(=O)[C@@H]3CCC(=O)NCCCCC[C@H](NC(=O)[C@H](Cc4ccccc4)NC(=O)[C@@H]([C@@H](C)O)NC2=O)C(=O)N[C@@H](CO)C(=O)N[C@H](C(=O)O)CSSC[C@H](NC(=O)[C@@H](N)Cc2ccc(O)cc2)C(=O)N[C@@H](CCCCN)C(=O)N[C@@H](Cc2ccccc2)C(=O)N3)cc1. The van der Waals surface area contributed by atoms with Gasteiger partial charge in [-0.05, 0) is 110 Å². The van der Waals surface area contributed by atoms with E-state index in [-0.39, 0.29) is 101 Å². The molecule has 22 N–H and O–H groups in total. The van der Waals surface area contributed by atoms with Crippen LogP contribution in [0.15, 0.2) is 140 Å². The molecular weight excluding hydrogens is 1550 g/mol. The molecule has 3 heterocycles. The molecule has 8 rings (SSSR count). The van der Waals surface area contributed by atoms with E-state index in [9.17, 15) is 54.0 Å². The molecule has 5 aromatic carbocycles. The molecular formula is C82H108N16O17S2. The number of aromatic hydroxyl groups is 1. The van der Waals surface area contributed by atoms with Crippen molar-refractivity contribution >= 4 is 109 Å². The molecule has 117 heavy (non-hydrogen) atoms. The van der Waals surface area contributed by atoms with Gasteiger partial charge in [-0.1, -0.05) is 164 Å². The molecule has 2 bridgehead atoms. The van der Waals surface area contributed by atoms with Crippen LogP contribution in [0.3, 0.4) is 0 Å². The number of para-hydroxylation sites is 1. The van der Waals surface area contributed by atoms with Crippen molar-refractivity contribution in [1.82, 2.24) is 74.1 Å². The second-order valence-electron chi connectivity index (χ2n) is 29.4. The number of hydrogen-bond acceptors (Lipinski definition) is 21. The van der Waals surface area contributed by atoms with Crippen molar-refractivity contribution in [1.29, 1.82) is 0 Å². The van der Waals surface area contributed by atoms with Crippen LogP contribution in [-0.2, 0) is 101 Å². The molecule has 630 valence electrons. The van der Waals surface area contributed by atoms with Gasteiger partial charge in [0.15, 0.2) is 0 Å². The number of H-pyrrole nitrogens is 1. The molecule has 2 aliphatic rings. The lowest BCUT2D eigenvalue weighted by molar-refractivity contribution is -0.142. The molecule has 0 saturated carbocycles. The van der Waals surface area contributed by atoms with Crippen LogP contribution < -0.4 is 80.6 Å². The molecule has 35 heteroatoms. The van der Waals surface area contributed by atoms with Crippen LogP contribution in [0.25, 0.3) is 10.9 Å². The van der Waals surface area contributed by atoms with Gasteiger partial charge in [0.2, 0.25) is 70.9 Å². The predicted octanol–water partition coefficient (Wildman–Crippen LogP) is -0.00300. The van der Waals surface area contributed by atoms with Crippen molar-refractivity contribution in [2.24, 2.45) is 11.5 Å². The summed E-state index contributed by atoms with van der Waals surface area (Å²) in [7, 11) is 1.70. The number of carbonyl (C=O) groups is 13. The third kappa shape index (κ3) is 29.6. The summed E-state index contributed by atoms with van der Waals surface area (Å²) in [6, 6.07) is 17.5. The third-order valence-corrected chi connectivity index (χ3v) is 22.2. The monoisotopic (exact) mass is 1650 g/mol. The Kier molecular flexibility index (Phi) is 36.6. The number of aliphatic hydroxyl groups is 2. The minimum absolute atomic E-state index is 0.00527. The van der Waals surface area contributed by atoms with Gasteiger partial charge in [0, 0.05) is 79.8 Å². The standard InChI is InChI=1S/C82H108N16O17S2/c1-47(2)86-42-53-27-25-52(26-28-53)40-64-78(110)98-70(48(3)100)81(113)94-63(39-50-19-9-5-10-20-50)76(108)88-59-23-11-6-16-36-85-69(102)34-33-61(74(106)93-65(77(109)92-64)41-54-43-87-58-22-13-12-21-56(54)58)90-75(107)62(38-49-17-7-4-8-18-49)91-72(104)60(24-14-15-35-83)89-80(112)67(96-71(103)57(84)37-51-29-31-55(101)32-30-51)45-116-117-46-68(82(114)115)97-79(111)66(44-99)95-73(59)105/h4-5,7-10,12-13,17-22,25-32,43,47-48,57,59-68,70,86-87,99-101H,6,11,14-16,23-24,33-42,44-46,83-84H2,1-3H3,(H,85,102)(H,88,108)(H,89,112)(H,90,107)(H,91,104)(H,92,109)(H,93,106)(H,94,113)(H,95,105)(H,96,103)(H,97,111)(H,98,110)(H,114,115)/t48-,57+,59+,60+,61+,62+,63+,64+,65-,66+,67+,68+,70-/m1/s1. The van der Waals surface area contributed by atoms with E-state index in [0.717, 1.165) is 27.2 Å². The zero-order chi connectivity index (χ0) is 84.5. The van der Waals surface area contributed by atoms with Gasteiger partial charge >= 0.3 is 5.97 Å². The average molecular weight is 1650 g/mol. The number of nitrogens with two attached hydrogens (primary N) is 2. The first-order chi connectivity index (χ1) is 56.1. The zero-order valence-electron chi connectivity index (χ0n) is 65.6. The summed E-state index contributed by atoms with van der Waals surface area (Å²) in [6.45, 7) is 4.71. The number of aliphatic carboxylic acids is 1. The highest BCUT2D eigenvalue weighted by Gasteiger charge is 2.39. The summed E-state index contributed by atoms with van der Waals surface area (Å²) in [5.74, 6) is -14.0. The number of carboxylic acid groups (broad SMARTS) is 1. The number of aromatic nitrogens is 1. The van der Waals surface area contributed by atoms with Crippen molar-refractivity contribution in [2.45, 2.75) is 202 Å². The van der Waals surface area contributed by atoms with E-state index in [1.54, 1.807) is 103 Å². The van der Waals surface area contributed by atoms with E-state index in [1.807, 2.05) is 26.0 Å². The van der Waals surface area contributed by atoms with E-state index < -0.39 is 181 Å². The Morgan fingerprint density at radius 3 is 1.62 bits per heavy atom. The number of hydrogen-bond donors (Lipinski definition) is 20. The number of unbranched alkanes of at least 4 members (excludes halogenated alkanes) is 1. The predicted molar refractivity (Wildman–Crippen MR) is 440 cm³/mol. The highest BCUT2D eigenvalue weighted by molar-refractivity contribution is 8.76. The maximum atomic E-state index is 15.6. The van der Waals surface area contributed by atoms with Crippen molar-refractivity contribution in [3.05, 3.63) is 173 Å². The first kappa shape index (κ1) is 91.6. The number of carbonyl (C=O) groups excluding carboxylic acids is 12. The second kappa shape index (κ2) is 46.7. The van der Waals surface area contributed by atoms with Gasteiger partial charge in [0.25, 0.3) is 0 Å². The zero-order valence-corrected chi connectivity index (χ0v) is 67.2. The number of rotatable bonds is 22. The molecule has 33 nitrogen and oxygen atoms in total. The number of carboxylic acids is 1. The van der Waals surface area contributed by atoms with Crippen LogP contribution in [-0.4, -0.2) is 218 Å². The fourth-order valence-electron chi connectivity index (χ4n) is 13.1. The molecule has 2 fully saturated rings. The summed E-state index contributed by atoms with van der Waals surface area (Å²) in [6.07, 6.45) is -1.18. The minimum atomic E-state index is -1.87. The van der Waals surface area contributed by atoms with Crippen LogP contribution in [0.5, 0.6) is 5.75 Å². The van der Waals surface area contributed by atoms with Crippen molar-refractivity contribution < 1.29 is 82.8 Å². The molecule has 2 aliphatic heterocycles. The third-order valence-electron chi connectivity index (χ3n) is 19.8. The van der Waals surface area contributed by atoms with E-state index in [1.165, 1.54) is 31.2 Å². The number of amides is 12. The number of nitrogens with one attached hydrogen (secondary N) is 14. The number of fused-ring (bicyclic) bond motifs is 11. The fraction of sp³-hybridized carbons (Fsp3) is 0.451. The number of aliphatic hydroxyl groups excluding tert-OH is 2. The molecule has 13 atom stereocenters. The second-order valence-corrected chi connectivity index (χ2v) is 32.0. The molecule has 0 spiro atoms. The lowest BCUT2D eigenvalue weighted by Gasteiger charge is -2.29. The molecule has 0 radical (unpaired) electrons. The summed E-state index contributed by atoms with van der Waals surface area (Å²) >= 11 is 0. The quantitative estimate of drug-likeness (QED) is 0.0314. The molecule has 2 saturated heterocycles. The van der Waals surface area contributed by atoms with E-state index in [4.69, 9.17) is 11.5 Å². The number of benzene rings is 5. The Labute approximate surface area is 686 Å². The van der Waals surface area contributed by atoms with Crippen LogP contribution in [0.4, 0.5) is 0 Å². The Bertz CT molecular complexity index is 4340. The summed E-state index contributed by atoms with van der Waals surface area (Å²) in [5, 5.41) is 78.7. The van der Waals surface area contributed by atoms with Gasteiger partial charge in [0.1, 0.15) is 72.2 Å². The normalized spacial score (nSPS) is 23.5. The van der Waals surface area contributed by atoms with Crippen LogP contribution in [0.1, 0.15) is 112 Å². The number of phenolic OH excluding ortho intramolecular Hbond substituents is 1. The van der Waals surface area contributed by atoms with Gasteiger partial charge in [-0.15, -0.1) is 0 Å². The maximum absolute atomic E-state index is 15.6. The van der Waals surface area contributed by atoms with Crippen LogP contribution in [0.2, 0.25) is 0 Å². The minimum Gasteiger partial charge on any atom is -0.508 e. The highest BCUT2D eigenvalue weighted by atomic mass is 33.1. The first-order valence-corrected chi connectivity index (χ1v) is 41.7. The average Bonchev–Trinajstić information content (AvgIpc) is 1.54. The molecule has 0 unspecified atom stereocenters. The van der Waals surface area contributed by atoms with E-state index >= 15 is 28.8 Å². The fourth-order valence-corrected chi connectivity index (χ4v) is 15.4. The molecule has 0 aliphatic carbocycles. The lowest BCUT2D eigenvalue weighted by Crippen LogP contribution is -2.62. The van der Waals surface area contributed by atoms with Gasteiger partial charge < -0.3 is 106 Å². The molecule has 12 amide bonds. The van der Waals surface area contributed by atoms with Crippen molar-refractivity contribution in [3.63, 3.8) is 0 Å².